The smallest absolute Gasteiger partial charge is 0.166 e. The van der Waals surface area contributed by atoms with Crippen LogP contribution in [0.3, 0.4) is 0 Å². The zero-order chi connectivity index (χ0) is 48.0. The summed E-state index contributed by atoms with van der Waals surface area (Å²) in [4.78, 5) is 20.3. The fourth-order valence-electron chi connectivity index (χ4n) is 10.9. The van der Waals surface area contributed by atoms with Gasteiger partial charge in [-0.15, -0.1) is 11.3 Å². The van der Waals surface area contributed by atoms with Crippen molar-refractivity contribution < 1.29 is 4.42 Å². The first-order valence-electron chi connectivity index (χ1n) is 24.4. The lowest BCUT2D eigenvalue weighted by Crippen LogP contribution is -2.01. The number of fused-ring (bicyclic) bond motifs is 10. The largest absolute Gasteiger partial charge is 0.454 e. The fourth-order valence-corrected chi connectivity index (χ4v) is 12.0. The highest BCUT2D eigenvalue weighted by molar-refractivity contribution is 7.25. The van der Waals surface area contributed by atoms with E-state index < -0.39 is 0 Å². The van der Waals surface area contributed by atoms with Crippen molar-refractivity contribution in [3.63, 3.8) is 0 Å². The normalized spacial score (nSPS) is 11.8. The minimum atomic E-state index is 0.522. The molecule has 340 valence electrons. The summed E-state index contributed by atoms with van der Waals surface area (Å²) in [5.41, 5.74) is 14.4. The molecule has 0 radical (unpaired) electrons. The van der Waals surface area contributed by atoms with Crippen LogP contribution >= 0.6 is 11.3 Å². The quantitative estimate of drug-likeness (QED) is 0.159. The summed E-state index contributed by atoms with van der Waals surface area (Å²) in [6, 6.07) is 80.0. The maximum absolute atomic E-state index is 6.28. The Labute approximate surface area is 422 Å². The SMILES string of the molecule is c1ccc(-c2ccc3cc(-c4nc(-c5cccc(-c6ccc(-n7c8ccccc8c8c(-c9ccc%10c(c9)sc9ccccc9%10)cccc87)cc6)c5)nc(-c5cncc6oc7ccccc7c56)n4)ccc3c2)cc1. The van der Waals surface area contributed by atoms with Gasteiger partial charge in [-0.2, -0.15) is 0 Å². The van der Waals surface area contributed by atoms with Crippen molar-refractivity contribution in [1.29, 1.82) is 0 Å². The van der Waals surface area contributed by atoms with Gasteiger partial charge in [0.15, 0.2) is 23.1 Å². The molecule has 0 atom stereocenters. The number of nitrogens with zero attached hydrogens (tertiary/aromatic N) is 5. The van der Waals surface area contributed by atoms with Crippen molar-refractivity contribution in [3.05, 3.63) is 237 Å². The summed E-state index contributed by atoms with van der Waals surface area (Å²) >= 11 is 1.86. The number of benzene rings is 10. The Morgan fingerprint density at radius 2 is 0.945 bits per heavy atom. The Morgan fingerprint density at radius 3 is 1.81 bits per heavy atom. The summed E-state index contributed by atoms with van der Waals surface area (Å²) in [5, 5.41) is 9.24. The van der Waals surface area contributed by atoms with E-state index in [9.17, 15) is 0 Å². The number of para-hydroxylation sites is 2. The molecule has 5 heterocycles. The van der Waals surface area contributed by atoms with E-state index >= 15 is 0 Å². The van der Waals surface area contributed by atoms with Crippen LogP contribution < -0.4 is 0 Å². The van der Waals surface area contributed by atoms with Crippen LogP contribution in [0.2, 0.25) is 0 Å². The van der Waals surface area contributed by atoms with Gasteiger partial charge in [0.2, 0.25) is 0 Å². The van der Waals surface area contributed by atoms with Gasteiger partial charge in [-0.1, -0.05) is 164 Å². The maximum Gasteiger partial charge on any atom is 0.166 e. The molecule has 10 aromatic carbocycles. The number of hydrogen-bond acceptors (Lipinski definition) is 6. The van der Waals surface area contributed by atoms with Crippen molar-refractivity contribution in [2.75, 3.05) is 0 Å². The molecular formula is C66H39N5OS. The van der Waals surface area contributed by atoms with Crippen molar-refractivity contribution in [1.82, 2.24) is 24.5 Å². The molecule has 0 bridgehead atoms. The van der Waals surface area contributed by atoms with Gasteiger partial charge >= 0.3 is 0 Å². The number of hydrogen-bond donors (Lipinski definition) is 0. The van der Waals surface area contributed by atoms with Crippen LogP contribution in [0, 0.1) is 0 Å². The first kappa shape index (κ1) is 41.2. The first-order chi connectivity index (χ1) is 36.1. The van der Waals surface area contributed by atoms with E-state index in [1.54, 1.807) is 6.20 Å². The second kappa shape index (κ2) is 16.5. The Hall–Kier alpha value is -9.56. The van der Waals surface area contributed by atoms with Crippen LogP contribution in [0.1, 0.15) is 0 Å². The second-order valence-corrected chi connectivity index (χ2v) is 19.7. The number of furan rings is 1. The molecule has 0 amide bonds. The molecule has 0 fully saturated rings. The molecule has 0 aliphatic rings. The average Bonchev–Trinajstić information content (AvgIpc) is 4.15. The minimum Gasteiger partial charge on any atom is -0.454 e. The zero-order valence-corrected chi connectivity index (χ0v) is 39.9. The molecule has 0 saturated heterocycles. The van der Waals surface area contributed by atoms with E-state index in [0.717, 1.165) is 60.6 Å². The van der Waals surface area contributed by atoms with E-state index in [1.165, 1.54) is 64.2 Å². The predicted octanol–water partition coefficient (Wildman–Crippen LogP) is 17.8. The topological polar surface area (TPSA) is 69.6 Å². The monoisotopic (exact) mass is 949 g/mol. The van der Waals surface area contributed by atoms with Gasteiger partial charge in [0.1, 0.15) is 5.58 Å². The molecule has 0 aliphatic heterocycles. The minimum absolute atomic E-state index is 0.522. The van der Waals surface area contributed by atoms with Crippen molar-refractivity contribution in [2.24, 2.45) is 0 Å². The lowest BCUT2D eigenvalue weighted by molar-refractivity contribution is 0.667. The number of pyridine rings is 1. The van der Waals surface area contributed by atoms with Crippen molar-refractivity contribution >= 4 is 86.0 Å². The summed E-state index contributed by atoms with van der Waals surface area (Å²) in [5.74, 6) is 1.66. The lowest BCUT2D eigenvalue weighted by atomic mass is 9.98. The molecule has 0 unspecified atom stereocenters. The highest BCUT2D eigenvalue weighted by Gasteiger charge is 2.21. The molecule has 73 heavy (non-hydrogen) atoms. The Morgan fingerprint density at radius 1 is 0.342 bits per heavy atom. The van der Waals surface area contributed by atoms with Gasteiger partial charge in [-0.05, 0) is 105 Å². The molecule has 6 nitrogen and oxygen atoms in total. The van der Waals surface area contributed by atoms with Gasteiger partial charge in [0, 0.05) is 70.3 Å². The van der Waals surface area contributed by atoms with Crippen molar-refractivity contribution in [2.45, 2.75) is 0 Å². The summed E-state index contributed by atoms with van der Waals surface area (Å²) in [6.45, 7) is 0. The van der Waals surface area contributed by atoms with Crippen molar-refractivity contribution in [3.8, 4) is 73.2 Å². The third-order valence-corrected chi connectivity index (χ3v) is 15.5. The number of aromatic nitrogens is 5. The standard InChI is InChI=1S/C66H39N5OS/c1-2-12-40(13-3-1)43-24-25-45-36-48(27-26-44(45)34-43)65-68-64(69-66(70-65)55-38-67-39-59-63(55)54-18-5-8-22-58(54)72-59)47-15-10-14-42(35-47)41-28-31-49(32-29-41)71-56-20-7-4-17-53(56)62-50(19-11-21-57(62)71)46-30-33-52-51-16-6-9-23-60(51)73-61(52)37-46/h1-39H. The van der Waals surface area contributed by atoms with E-state index in [-0.39, 0.29) is 0 Å². The third-order valence-electron chi connectivity index (χ3n) is 14.3. The van der Waals surface area contributed by atoms with Crippen LogP contribution in [-0.2, 0) is 0 Å². The molecule has 0 spiro atoms. The highest BCUT2D eigenvalue weighted by Crippen LogP contribution is 2.43. The van der Waals surface area contributed by atoms with Gasteiger partial charge < -0.3 is 8.98 Å². The molecule has 5 aromatic heterocycles. The fraction of sp³-hybridized carbons (Fsp3) is 0. The first-order valence-corrected chi connectivity index (χ1v) is 25.2. The van der Waals surface area contributed by atoms with E-state index in [2.05, 4.69) is 210 Å². The van der Waals surface area contributed by atoms with Gasteiger partial charge in [-0.25, -0.2) is 15.0 Å². The summed E-state index contributed by atoms with van der Waals surface area (Å²) < 4.78 is 11.3. The van der Waals surface area contributed by atoms with Crippen LogP contribution in [0.4, 0.5) is 0 Å². The Balaban J connectivity index is 0.824. The molecule has 7 heteroatoms. The number of rotatable bonds is 7. The molecule has 0 N–H and O–H groups in total. The highest BCUT2D eigenvalue weighted by atomic mass is 32.1. The van der Waals surface area contributed by atoms with E-state index in [0.29, 0.717) is 23.1 Å². The average molecular weight is 950 g/mol. The second-order valence-electron chi connectivity index (χ2n) is 18.6. The number of thiophene rings is 1. The van der Waals surface area contributed by atoms with Crippen LogP contribution in [0.25, 0.3) is 148 Å². The van der Waals surface area contributed by atoms with Gasteiger partial charge in [0.05, 0.1) is 17.2 Å². The Bertz CT molecular complexity index is 4680. The zero-order valence-electron chi connectivity index (χ0n) is 39.1. The van der Waals surface area contributed by atoms with Crippen LogP contribution in [-0.4, -0.2) is 24.5 Å². The van der Waals surface area contributed by atoms with Crippen LogP contribution in [0.5, 0.6) is 0 Å². The van der Waals surface area contributed by atoms with Gasteiger partial charge in [0.25, 0.3) is 0 Å². The van der Waals surface area contributed by atoms with Crippen LogP contribution in [0.15, 0.2) is 241 Å². The summed E-state index contributed by atoms with van der Waals surface area (Å²) in [6.07, 6.45) is 3.59. The Kier molecular flexibility index (Phi) is 9.33. The van der Waals surface area contributed by atoms with E-state index in [1.807, 2.05) is 41.8 Å². The molecule has 0 saturated carbocycles. The van der Waals surface area contributed by atoms with Gasteiger partial charge in [-0.3, -0.25) is 4.98 Å². The maximum atomic E-state index is 6.28. The third kappa shape index (κ3) is 6.85. The summed E-state index contributed by atoms with van der Waals surface area (Å²) in [7, 11) is 0. The lowest BCUT2D eigenvalue weighted by Gasteiger charge is -2.12. The molecule has 15 rings (SSSR count). The molecule has 0 aliphatic carbocycles. The predicted molar refractivity (Wildman–Crippen MR) is 302 cm³/mol. The molecule has 15 aromatic rings. The molecular weight excluding hydrogens is 911 g/mol. The van der Waals surface area contributed by atoms with E-state index in [4.69, 9.17) is 19.4 Å².